The summed E-state index contributed by atoms with van der Waals surface area (Å²) in [5.41, 5.74) is 11.4. The third-order valence-electron chi connectivity index (χ3n) is 0.454. The molecule has 0 aliphatic carbocycles. The molecule has 0 amide bonds. The van der Waals surface area contributed by atoms with E-state index in [0.29, 0.717) is 17.8 Å². The first-order chi connectivity index (χ1) is 3.13. The lowest BCUT2D eigenvalue weighted by Gasteiger charge is -1.93. The van der Waals surface area contributed by atoms with Gasteiger partial charge in [-0.1, -0.05) is 13.2 Å². The van der Waals surface area contributed by atoms with Gasteiger partial charge < -0.3 is 11.5 Å². The van der Waals surface area contributed by atoms with Crippen LogP contribution >= 0.6 is 0 Å². The normalized spacial score (nSPS) is 8.00. The molecular weight excluding hydrogens is 88.1 g/mol. The van der Waals surface area contributed by atoms with Crippen LogP contribution in [-0.2, 0) is 0 Å². The highest BCUT2D eigenvalue weighted by Crippen LogP contribution is 1.91. The van der Waals surface area contributed by atoms with Crippen molar-refractivity contribution in [3.8, 4) is 0 Å². The Bertz CT molecular complexity index is 82.3. The predicted octanol–water partition coefficient (Wildman–Crippen LogP) is 0.321. The monoisotopic (exact) mass is 98.1 g/mol. The molecule has 0 aromatic carbocycles. The van der Waals surface area contributed by atoms with E-state index in [-0.39, 0.29) is 0 Å². The molecule has 0 unspecified atom stereocenters. The quantitative estimate of drug-likeness (QED) is 0.522. The zero-order valence-electron chi connectivity index (χ0n) is 4.28. The molecule has 0 aliphatic heterocycles. The smallest absolute Gasteiger partial charge is 0.0255 e. The van der Waals surface area contributed by atoms with Gasteiger partial charge >= 0.3 is 0 Å². The summed E-state index contributed by atoms with van der Waals surface area (Å²) in [7, 11) is 0. The van der Waals surface area contributed by atoms with Crippen molar-refractivity contribution in [2.45, 2.75) is 6.42 Å². The van der Waals surface area contributed by atoms with Crippen LogP contribution in [0.3, 0.4) is 0 Å². The highest BCUT2D eigenvalue weighted by atomic mass is 14.6. The van der Waals surface area contributed by atoms with E-state index in [1.54, 1.807) is 0 Å². The molecule has 7 heavy (non-hydrogen) atoms. The zero-order chi connectivity index (χ0) is 5.86. The lowest BCUT2D eigenvalue weighted by atomic mass is 10.3. The van der Waals surface area contributed by atoms with Crippen molar-refractivity contribution in [1.82, 2.24) is 0 Å². The second kappa shape index (κ2) is 2.29. The molecule has 0 atom stereocenters. The van der Waals surface area contributed by atoms with E-state index in [9.17, 15) is 0 Å². The van der Waals surface area contributed by atoms with Crippen LogP contribution in [0, 0.1) is 0 Å². The maximum atomic E-state index is 5.16. The molecule has 2 nitrogen and oxygen atoms in total. The maximum absolute atomic E-state index is 5.16. The third-order valence-corrected chi connectivity index (χ3v) is 0.454. The van der Waals surface area contributed by atoms with Gasteiger partial charge in [-0.2, -0.15) is 0 Å². The predicted molar refractivity (Wildman–Crippen MR) is 31.3 cm³/mol. The first kappa shape index (κ1) is 6.08. The minimum Gasteiger partial charge on any atom is -0.402 e. The number of hydrogen-bond acceptors (Lipinski definition) is 2. The number of rotatable bonds is 2. The average Bonchev–Trinajstić information content (AvgIpc) is 1.27. The van der Waals surface area contributed by atoms with Crippen molar-refractivity contribution >= 4 is 0 Å². The molecular formula is C5H10N2. The van der Waals surface area contributed by atoms with E-state index >= 15 is 0 Å². The van der Waals surface area contributed by atoms with Gasteiger partial charge in [0.25, 0.3) is 0 Å². The van der Waals surface area contributed by atoms with Crippen molar-refractivity contribution in [2.24, 2.45) is 11.5 Å². The van der Waals surface area contributed by atoms with Crippen LogP contribution < -0.4 is 11.5 Å². The Kier molecular flexibility index (Phi) is 1.99. The van der Waals surface area contributed by atoms with Crippen LogP contribution in [0.5, 0.6) is 0 Å². The summed E-state index contributed by atoms with van der Waals surface area (Å²) in [6.45, 7) is 6.86. The van der Waals surface area contributed by atoms with Crippen molar-refractivity contribution in [3.63, 3.8) is 0 Å². The summed E-state index contributed by atoms with van der Waals surface area (Å²) in [6.07, 6.45) is 0.528. The van der Waals surface area contributed by atoms with E-state index in [0.717, 1.165) is 0 Å². The molecule has 40 valence electrons. The lowest BCUT2D eigenvalue weighted by molar-refractivity contribution is 1.07. The van der Waals surface area contributed by atoms with Crippen molar-refractivity contribution in [1.29, 1.82) is 0 Å². The molecule has 0 bridgehead atoms. The van der Waals surface area contributed by atoms with Gasteiger partial charge in [-0.05, 0) is 0 Å². The molecule has 0 heterocycles. The van der Waals surface area contributed by atoms with Crippen molar-refractivity contribution in [3.05, 3.63) is 24.6 Å². The van der Waals surface area contributed by atoms with Gasteiger partial charge in [-0.15, -0.1) is 0 Å². The Morgan fingerprint density at radius 3 is 1.43 bits per heavy atom. The maximum Gasteiger partial charge on any atom is 0.0255 e. The van der Waals surface area contributed by atoms with Gasteiger partial charge in [0.2, 0.25) is 0 Å². The zero-order valence-corrected chi connectivity index (χ0v) is 4.28. The number of nitrogens with two attached hydrogens (primary N) is 2. The molecule has 2 heteroatoms. The van der Waals surface area contributed by atoms with E-state index in [4.69, 9.17) is 11.5 Å². The largest absolute Gasteiger partial charge is 0.402 e. The second-order valence-electron chi connectivity index (χ2n) is 1.49. The van der Waals surface area contributed by atoms with Gasteiger partial charge in [-0.25, -0.2) is 0 Å². The summed E-state index contributed by atoms with van der Waals surface area (Å²) >= 11 is 0. The molecule has 0 aromatic heterocycles. The van der Waals surface area contributed by atoms with Gasteiger partial charge in [0.05, 0.1) is 0 Å². The molecule has 0 rings (SSSR count). The standard InChI is InChI=1S/C5H10N2/c1-4(6)3-5(2)7/h1-3,6-7H2. The Labute approximate surface area is 43.5 Å². The lowest BCUT2D eigenvalue weighted by Crippen LogP contribution is -2.01. The second-order valence-corrected chi connectivity index (χ2v) is 1.49. The van der Waals surface area contributed by atoms with Crippen molar-refractivity contribution in [2.75, 3.05) is 0 Å². The third kappa shape index (κ3) is 5.08. The van der Waals surface area contributed by atoms with Crippen LogP contribution in [0.25, 0.3) is 0 Å². The van der Waals surface area contributed by atoms with Crippen LogP contribution in [0.1, 0.15) is 6.42 Å². The topological polar surface area (TPSA) is 52.0 Å². The molecule has 0 saturated heterocycles. The molecule has 0 fully saturated rings. The fourth-order valence-corrected chi connectivity index (χ4v) is 0.292. The van der Waals surface area contributed by atoms with Crippen molar-refractivity contribution < 1.29 is 0 Å². The van der Waals surface area contributed by atoms with Crippen LogP contribution in [0.4, 0.5) is 0 Å². The van der Waals surface area contributed by atoms with E-state index in [2.05, 4.69) is 13.2 Å². The van der Waals surface area contributed by atoms with Gasteiger partial charge in [0.1, 0.15) is 0 Å². The van der Waals surface area contributed by atoms with Crippen LogP contribution in [-0.4, -0.2) is 0 Å². The fourth-order valence-electron chi connectivity index (χ4n) is 0.292. The van der Waals surface area contributed by atoms with Crippen LogP contribution in [0.15, 0.2) is 24.6 Å². The molecule has 0 aromatic rings. The Morgan fingerprint density at radius 2 is 1.43 bits per heavy atom. The Hall–Kier alpha value is -0.920. The summed E-state index contributed by atoms with van der Waals surface area (Å²) in [5, 5.41) is 0. The Morgan fingerprint density at radius 1 is 1.14 bits per heavy atom. The highest BCUT2D eigenvalue weighted by Gasteiger charge is 1.83. The highest BCUT2D eigenvalue weighted by molar-refractivity contribution is 5.01. The number of hydrogen-bond donors (Lipinski definition) is 2. The minimum atomic E-state index is 0.528. The fraction of sp³-hybridized carbons (Fsp3) is 0.200. The first-order valence-electron chi connectivity index (χ1n) is 1.99. The molecule has 0 saturated carbocycles. The van der Waals surface area contributed by atoms with E-state index < -0.39 is 0 Å². The summed E-state index contributed by atoms with van der Waals surface area (Å²) in [4.78, 5) is 0. The SMILES string of the molecule is C=C(N)CC(=C)N. The summed E-state index contributed by atoms with van der Waals surface area (Å²) < 4.78 is 0. The van der Waals surface area contributed by atoms with E-state index in [1.807, 2.05) is 0 Å². The first-order valence-corrected chi connectivity index (χ1v) is 1.99. The van der Waals surface area contributed by atoms with Gasteiger partial charge in [0, 0.05) is 17.8 Å². The van der Waals surface area contributed by atoms with Gasteiger partial charge in [0.15, 0.2) is 0 Å². The average molecular weight is 98.1 g/mol. The molecule has 4 N–H and O–H groups in total. The molecule has 0 spiro atoms. The Balaban J connectivity index is 3.32. The van der Waals surface area contributed by atoms with Gasteiger partial charge in [-0.3, -0.25) is 0 Å². The van der Waals surface area contributed by atoms with E-state index in [1.165, 1.54) is 0 Å². The summed E-state index contributed by atoms with van der Waals surface area (Å²) in [6, 6.07) is 0. The molecule has 0 radical (unpaired) electrons. The van der Waals surface area contributed by atoms with Crippen LogP contribution in [0.2, 0.25) is 0 Å². The molecule has 0 aliphatic rings. The minimum absolute atomic E-state index is 0.528. The summed E-state index contributed by atoms with van der Waals surface area (Å²) in [5.74, 6) is 0.